The Bertz CT molecular complexity index is 577. The van der Waals surface area contributed by atoms with Crippen molar-refractivity contribution in [3.63, 3.8) is 0 Å². The lowest BCUT2D eigenvalue weighted by molar-refractivity contribution is -0.0113. The van der Waals surface area contributed by atoms with Crippen LogP contribution in [0.2, 0.25) is 0 Å². The van der Waals surface area contributed by atoms with E-state index in [1.54, 1.807) is 6.26 Å². The molecule has 3 heterocycles. The summed E-state index contributed by atoms with van der Waals surface area (Å²) in [5.74, 6) is 0. The zero-order valence-electron chi connectivity index (χ0n) is 10.2. The molecule has 94 valence electrons. The van der Waals surface area contributed by atoms with Crippen molar-refractivity contribution in [2.45, 2.75) is 43.4 Å². The van der Waals surface area contributed by atoms with Gasteiger partial charge < -0.3 is 14.8 Å². The summed E-state index contributed by atoms with van der Waals surface area (Å²) in [5.41, 5.74) is 1.26. The van der Waals surface area contributed by atoms with E-state index in [0.29, 0.717) is 12.1 Å². The molecule has 2 aliphatic heterocycles. The van der Waals surface area contributed by atoms with Crippen molar-refractivity contribution in [2.75, 3.05) is 0 Å². The highest BCUT2D eigenvalue weighted by molar-refractivity contribution is 5.78. The molecule has 2 unspecified atom stereocenters. The average Bonchev–Trinajstić information content (AvgIpc) is 2.95. The molecule has 4 rings (SSSR count). The van der Waals surface area contributed by atoms with Gasteiger partial charge in [0, 0.05) is 17.5 Å². The van der Waals surface area contributed by atoms with Crippen LogP contribution < -0.4 is 5.32 Å². The van der Waals surface area contributed by atoms with Crippen LogP contribution in [0.4, 0.5) is 0 Å². The third-order valence-corrected chi connectivity index (χ3v) is 4.49. The smallest absolute Gasteiger partial charge is 0.133 e. The Hall–Kier alpha value is -1.32. The highest BCUT2D eigenvalue weighted by Gasteiger charge is 2.43. The van der Waals surface area contributed by atoms with E-state index in [1.807, 2.05) is 18.2 Å². The predicted molar refractivity (Wildman–Crippen MR) is 69.3 cm³/mol. The number of hydrogen-bond donors (Lipinski definition) is 2. The van der Waals surface area contributed by atoms with Gasteiger partial charge in [0.1, 0.15) is 5.58 Å². The Morgan fingerprint density at radius 1 is 1.17 bits per heavy atom. The first-order valence-corrected chi connectivity index (χ1v) is 6.69. The van der Waals surface area contributed by atoms with Gasteiger partial charge in [-0.3, -0.25) is 0 Å². The number of fused-ring (bicyclic) bond motifs is 3. The number of aliphatic hydroxyl groups is 1. The largest absolute Gasteiger partial charge is 0.464 e. The monoisotopic (exact) mass is 243 g/mol. The summed E-state index contributed by atoms with van der Waals surface area (Å²) in [5, 5.41) is 15.6. The van der Waals surface area contributed by atoms with E-state index in [9.17, 15) is 5.11 Å². The highest BCUT2D eigenvalue weighted by Crippen LogP contribution is 2.41. The molecule has 2 fully saturated rings. The number of furan rings is 1. The van der Waals surface area contributed by atoms with E-state index in [0.717, 1.165) is 29.4 Å². The third kappa shape index (κ3) is 1.51. The molecular weight excluding hydrogens is 226 g/mol. The van der Waals surface area contributed by atoms with Gasteiger partial charge in [0.25, 0.3) is 0 Å². The molecule has 1 aromatic carbocycles. The zero-order chi connectivity index (χ0) is 12.2. The predicted octanol–water partition coefficient (Wildman–Crippen LogP) is 2.53. The van der Waals surface area contributed by atoms with Crippen LogP contribution in [-0.2, 0) is 5.60 Å². The maximum absolute atomic E-state index is 10.9. The first-order valence-electron chi connectivity index (χ1n) is 6.69. The van der Waals surface area contributed by atoms with Gasteiger partial charge in [0.2, 0.25) is 0 Å². The maximum atomic E-state index is 10.9. The number of rotatable bonds is 1. The summed E-state index contributed by atoms with van der Waals surface area (Å²) in [6, 6.07) is 8.97. The Morgan fingerprint density at radius 2 is 1.94 bits per heavy atom. The molecule has 0 amide bonds. The lowest BCUT2D eigenvalue weighted by Crippen LogP contribution is -2.46. The van der Waals surface area contributed by atoms with Crippen LogP contribution in [-0.4, -0.2) is 17.2 Å². The topological polar surface area (TPSA) is 45.4 Å². The van der Waals surface area contributed by atoms with E-state index in [1.165, 1.54) is 12.8 Å². The van der Waals surface area contributed by atoms with Crippen molar-refractivity contribution in [3.05, 3.63) is 36.1 Å². The van der Waals surface area contributed by atoms with Crippen molar-refractivity contribution in [2.24, 2.45) is 0 Å². The van der Waals surface area contributed by atoms with Crippen LogP contribution >= 0.6 is 0 Å². The van der Waals surface area contributed by atoms with Gasteiger partial charge in [0.05, 0.1) is 11.9 Å². The van der Waals surface area contributed by atoms with Gasteiger partial charge in [-0.05, 0) is 49.4 Å². The molecule has 0 spiro atoms. The maximum Gasteiger partial charge on any atom is 0.133 e. The fourth-order valence-electron chi connectivity index (χ4n) is 3.61. The highest BCUT2D eigenvalue weighted by atomic mass is 16.3. The van der Waals surface area contributed by atoms with Crippen molar-refractivity contribution < 1.29 is 9.52 Å². The Labute approximate surface area is 106 Å². The van der Waals surface area contributed by atoms with Crippen molar-refractivity contribution >= 4 is 11.0 Å². The van der Waals surface area contributed by atoms with E-state index in [-0.39, 0.29) is 0 Å². The van der Waals surface area contributed by atoms with E-state index >= 15 is 0 Å². The van der Waals surface area contributed by atoms with Gasteiger partial charge in [-0.15, -0.1) is 0 Å². The SMILES string of the molecule is OC1(c2ccc3occc3c2)CC2CCC(C1)N2. The molecule has 2 aromatic rings. The molecule has 0 aliphatic carbocycles. The summed E-state index contributed by atoms with van der Waals surface area (Å²) in [6.45, 7) is 0. The number of nitrogens with one attached hydrogen (secondary N) is 1. The van der Waals surface area contributed by atoms with E-state index in [4.69, 9.17) is 4.42 Å². The summed E-state index contributed by atoms with van der Waals surface area (Å²) in [4.78, 5) is 0. The van der Waals surface area contributed by atoms with Crippen LogP contribution in [0.5, 0.6) is 0 Å². The fourth-order valence-corrected chi connectivity index (χ4v) is 3.61. The lowest BCUT2D eigenvalue weighted by Gasteiger charge is -2.37. The summed E-state index contributed by atoms with van der Waals surface area (Å²) in [6.07, 6.45) is 5.74. The molecule has 3 nitrogen and oxygen atoms in total. The minimum absolute atomic E-state index is 0.480. The van der Waals surface area contributed by atoms with E-state index in [2.05, 4.69) is 11.4 Å². The molecule has 2 bridgehead atoms. The minimum Gasteiger partial charge on any atom is -0.464 e. The zero-order valence-corrected chi connectivity index (χ0v) is 10.2. The summed E-state index contributed by atoms with van der Waals surface area (Å²) < 4.78 is 5.35. The van der Waals surface area contributed by atoms with Crippen LogP contribution in [0.3, 0.4) is 0 Å². The molecule has 2 atom stereocenters. The molecule has 18 heavy (non-hydrogen) atoms. The molecule has 0 saturated carbocycles. The van der Waals surface area contributed by atoms with Crippen LogP contribution in [0.1, 0.15) is 31.2 Å². The minimum atomic E-state index is -0.664. The first-order chi connectivity index (χ1) is 8.73. The molecular formula is C15H17NO2. The Balaban J connectivity index is 1.76. The van der Waals surface area contributed by atoms with Crippen LogP contribution in [0.25, 0.3) is 11.0 Å². The van der Waals surface area contributed by atoms with Gasteiger partial charge in [-0.25, -0.2) is 0 Å². The van der Waals surface area contributed by atoms with Crippen LogP contribution in [0, 0.1) is 0 Å². The quantitative estimate of drug-likeness (QED) is 0.809. The van der Waals surface area contributed by atoms with Gasteiger partial charge >= 0.3 is 0 Å². The van der Waals surface area contributed by atoms with Crippen molar-refractivity contribution in [3.8, 4) is 0 Å². The fraction of sp³-hybridized carbons (Fsp3) is 0.467. The molecule has 3 heteroatoms. The van der Waals surface area contributed by atoms with E-state index < -0.39 is 5.60 Å². The second-order valence-electron chi connectivity index (χ2n) is 5.75. The Kier molecular flexibility index (Phi) is 2.11. The third-order valence-electron chi connectivity index (χ3n) is 4.49. The number of benzene rings is 1. The van der Waals surface area contributed by atoms with Gasteiger partial charge in [-0.1, -0.05) is 6.07 Å². The second kappa shape index (κ2) is 3.59. The molecule has 1 aromatic heterocycles. The molecule has 2 saturated heterocycles. The standard InChI is InChI=1S/C15H17NO2/c17-15(8-12-2-3-13(9-15)16-12)11-1-4-14-10(7-11)5-6-18-14/h1,4-7,12-13,16-17H,2-3,8-9H2. The van der Waals surface area contributed by atoms with Crippen LogP contribution in [0.15, 0.2) is 34.9 Å². The average molecular weight is 243 g/mol. The lowest BCUT2D eigenvalue weighted by atomic mass is 9.81. The van der Waals surface area contributed by atoms with Crippen molar-refractivity contribution in [1.29, 1.82) is 0 Å². The molecule has 2 N–H and O–H groups in total. The number of hydrogen-bond acceptors (Lipinski definition) is 3. The Morgan fingerprint density at radius 3 is 2.72 bits per heavy atom. The first kappa shape index (κ1) is 10.6. The second-order valence-corrected chi connectivity index (χ2v) is 5.75. The summed E-state index contributed by atoms with van der Waals surface area (Å²) in [7, 11) is 0. The van der Waals surface area contributed by atoms with Gasteiger partial charge in [-0.2, -0.15) is 0 Å². The van der Waals surface area contributed by atoms with Crippen molar-refractivity contribution in [1.82, 2.24) is 5.32 Å². The number of piperidine rings is 1. The summed E-state index contributed by atoms with van der Waals surface area (Å²) >= 11 is 0. The normalized spacial score (nSPS) is 35.2. The van der Waals surface area contributed by atoms with Gasteiger partial charge in [0.15, 0.2) is 0 Å². The molecule has 0 radical (unpaired) electrons. The molecule has 2 aliphatic rings.